The average molecular weight is 632 g/mol. The monoisotopic (exact) mass is 631 g/mol. The van der Waals surface area contributed by atoms with Crippen molar-refractivity contribution in [2.24, 2.45) is 5.92 Å². The Morgan fingerprint density at radius 3 is 2.60 bits per heavy atom. The Kier molecular flexibility index (Phi) is 10.3. The highest BCUT2D eigenvalue weighted by Gasteiger charge is 2.61. The Morgan fingerprint density at radius 2 is 1.93 bits per heavy atom. The molecule has 14 heteroatoms. The van der Waals surface area contributed by atoms with Crippen LogP contribution in [0.5, 0.6) is 0 Å². The van der Waals surface area contributed by atoms with Gasteiger partial charge in [0.05, 0.1) is 24.5 Å². The number of pyridine rings is 1. The van der Waals surface area contributed by atoms with Gasteiger partial charge in [0.1, 0.15) is 35.1 Å². The number of amides is 4. The summed E-state index contributed by atoms with van der Waals surface area (Å²) in [6, 6.07) is -0.195. The standard InChI is InChI=1S/C31H42FN5O8/c1-18(22-13-12-20(32)16-33-22)34-28(42)44-21-14-24-25(38)36-31(27(40)41)15-19(31)10-8-6-5-7-9-11-23(26(39)37(24)17-21)35-29(43)45-30(2,3)4/h8,10,12-13,16,18-19,21,23-24H,5-7,9,11,14-15,17H2,1-4H3,(H,34,42)(H,35,43)(H,36,38)(H,40,41)/b10-8-/t18-,19+,21+,23-,24-,31+/m0/s1. The van der Waals surface area contributed by atoms with Crippen LogP contribution >= 0.6 is 0 Å². The molecular weight excluding hydrogens is 589 g/mol. The lowest BCUT2D eigenvalue weighted by molar-refractivity contribution is -0.145. The first-order valence-corrected chi connectivity index (χ1v) is 15.3. The minimum absolute atomic E-state index is 0.0937. The van der Waals surface area contributed by atoms with Crippen LogP contribution in [0.25, 0.3) is 0 Å². The van der Waals surface area contributed by atoms with Gasteiger partial charge >= 0.3 is 18.2 Å². The molecule has 1 aromatic heterocycles. The molecule has 4 amide bonds. The predicted octanol–water partition coefficient (Wildman–Crippen LogP) is 3.35. The number of ether oxygens (including phenoxy) is 2. The van der Waals surface area contributed by atoms with E-state index in [9.17, 15) is 33.5 Å². The van der Waals surface area contributed by atoms with Crippen LogP contribution in [0.4, 0.5) is 14.0 Å². The van der Waals surface area contributed by atoms with Crippen molar-refractivity contribution in [1.82, 2.24) is 25.8 Å². The number of carboxylic acids is 1. The molecular formula is C31H42FN5O8. The van der Waals surface area contributed by atoms with E-state index in [0.29, 0.717) is 18.5 Å². The molecule has 0 spiro atoms. The van der Waals surface area contributed by atoms with Gasteiger partial charge in [-0.1, -0.05) is 25.0 Å². The molecule has 0 unspecified atom stereocenters. The van der Waals surface area contributed by atoms with Gasteiger partial charge in [0.2, 0.25) is 11.8 Å². The number of aliphatic carboxylic acids is 1. The number of halogens is 1. The summed E-state index contributed by atoms with van der Waals surface area (Å²) in [4.78, 5) is 70.6. The van der Waals surface area contributed by atoms with Gasteiger partial charge in [-0.2, -0.15) is 0 Å². The molecule has 2 fully saturated rings. The largest absolute Gasteiger partial charge is 0.479 e. The highest BCUT2D eigenvalue weighted by molar-refractivity contribution is 5.96. The predicted molar refractivity (Wildman–Crippen MR) is 158 cm³/mol. The number of aromatic nitrogens is 1. The summed E-state index contributed by atoms with van der Waals surface area (Å²) in [5.74, 6) is -3.35. The van der Waals surface area contributed by atoms with Gasteiger partial charge in [0.15, 0.2) is 0 Å². The molecule has 0 radical (unpaired) electrons. The molecule has 4 rings (SSSR count). The van der Waals surface area contributed by atoms with Gasteiger partial charge in [-0.15, -0.1) is 0 Å². The molecule has 1 aliphatic carbocycles. The van der Waals surface area contributed by atoms with Gasteiger partial charge in [-0.05, 0) is 65.5 Å². The van der Waals surface area contributed by atoms with E-state index in [0.717, 1.165) is 19.0 Å². The molecule has 4 N–H and O–H groups in total. The van der Waals surface area contributed by atoms with Crippen molar-refractivity contribution in [3.05, 3.63) is 42.0 Å². The lowest BCUT2D eigenvalue weighted by atomic mass is 10.0. The number of hydrogen-bond acceptors (Lipinski definition) is 8. The Bertz CT molecular complexity index is 1320. The Hall–Kier alpha value is -4.23. The first kappa shape index (κ1) is 33.7. The maximum absolute atomic E-state index is 14.0. The number of allylic oxidation sites excluding steroid dienone is 1. The molecule has 13 nitrogen and oxygen atoms in total. The second-order valence-electron chi connectivity index (χ2n) is 12.9. The highest BCUT2D eigenvalue weighted by Crippen LogP contribution is 2.45. The van der Waals surface area contributed by atoms with Crippen molar-refractivity contribution in [3.8, 4) is 0 Å². The van der Waals surface area contributed by atoms with E-state index in [4.69, 9.17) is 9.47 Å². The topological polar surface area (TPSA) is 176 Å². The molecule has 3 aliphatic rings. The van der Waals surface area contributed by atoms with Crippen molar-refractivity contribution >= 4 is 30.0 Å². The molecule has 1 saturated carbocycles. The first-order chi connectivity index (χ1) is 21.2. The summed E-state index contributed by atoms with van der Waals surface area (Å²) in [5, 5.41) is 17.9. The molecule has 0 bridgehead atoms. The fourth-order valence-electron chi connectivity index (χ4n) is 5.68. The molecule has 1 saturated heterocycles. The first-order valence-electron chi connectivity index (χ1n) is 15.3. The number of rotatable bonds is 5. The zero-order chi connectivity index (χ0) is 32.9. The average Bonchev–Trinajstić information content (AvgIpc) is 3.48. The number of fused-ring (bicyclic) bond motifs is 2. The van der Waals surface area contributed by atoms with Crippen LogP contribution in [-0.4, -0.2) is 80.8 Å². The Morgan fingerprint density at radius 1 is 1.18 bits per heavy atom. The fraction of sp³-hybridized carbons (Fsp3) is 0.613. The van der Waals surface area contributed by atoms with Gasteiger partial charge in [0.25, 0.3) is 0 Å². The van der Waals surface area contributed by atoms with Crippen molar-refractivity contribution in [3.63, 3.8) is 0 Å². The third kappa shape index (κ3) is 8.70. The second kappa shape index (κ2) is 13.8. The third-order valence-electron chi connectivity index (χ3n) is 8.11. The van der Waals surface area contributed by atoms with Crippen LogP contribution in [0, 0.1) is 11.7 Å². The van der Waals surface area contributed by atoms with E-state index in [-0.39, 0.29) is 25.8 Å². The number of nitrogens with zero attached hydrogens (tertiary/aromatic N) is 2. The maximum atomic E-state index is 14.0. The number of alkyl carbamates (subject to hydrolysis) is 2. The summed E-state index contributed by atoms with van der Waals surface area (Å²) >= 11 is 0. The summed E-state index contributed by atoms with van der Waals surface area (Å²) < 4.78 is 24.2. The number of carbonyl (C=O) groups is 5. The molecule has 6 atom stereocenters. The molecule has 45 heavy (non-hydrogen) atoms. The molecule has 246 valence electrons. The fourth-order valence-corrected chi connectivity index (χ4v) is 5.68. The van der Waals surface area contributed by atoms with E-state index < -0.39 is 77.1 Å². The summed E-state index contributed by atoms with van der Waals surface area (Å²) in [5.41, 5.74) is -1.91. The van der Waals surface area contributed by atoms with Crippen LogP contribution in [0.1, 0.15) is 84.4 Å². The van der Waals surface area contributed by atoms with Crippen LogP contribution in [-0.2, 0) is 23.9 Å². The maximum Gasteiger partial charge on any atom is 0.408 e. The van der Waals surface area contributed by atoms with Gasteiger partial charge in [-0.3, -0.25) is 14.6 Å². The SMILES string of the molecule is C[C@H](NC(=O)O[C@@H]1C[C@H]2C(=O)N[C@]3(C(=O)O)C[C@H]3/C=C\CCCCC[C@H](NC(=O)OC(C)(C)C)C(=O)N2C1)c1ccc(F)cn1. The summed E-state index contributed by atoms with van der Waals surface area (Å²) in [6.45, 7) is 6.56. The molecule has 1 aromatic rings. The van der Waals surface area contributed by atoms with Crippen molar-refractivity contribution < 1.29 is 42.9 Å². The Labute approximate surface area is 261 Å². The lowest BCUT2D eigenvalue weighted by Crippen LogP contribution is -2.56. The lowest BCUT2D eigenvalue weighted by Gasteiger charge is -2.30. The van der Waals surface area contributed by atoms with Crippen molar-refractivity contribution in [2.75, 3.05) is 6.54 Å². The molecule has 3 heterocycles. The smallest absolute Gasteiger partial charge is 0.408 e. The van der Waals surface area contributed by atoms with Gasteiger partial charge in [-0.25, -0.2) is 18.8 Å². The zero-order valence-electron chi connectivity index (χ0n) is 26.0. The Balaban J connectivity index is 1.55. The normalized spacial score (nSPS) is 28.6. The second-order valence-corrected chi connectivity index (χ2v) is 12.9. The highest BCUT2D eigenvalue weighted by atomic mass is 19.1. The third-order valence-corrected chi connectivity index (χ3v) is 8.11. The van der Waals surface area contributed by atoms with E-state index in [1.807, 2.05) is 12.2 Å². The minimum atomic E-state index is -1.50. The van der Waals surface area contributed by atoms with E-state index in [1.54, 1.807) is 27.7 Å². The van der Waals surface area contributed by atoms with E-state index in [1.165, 1.54) is 17.0 Å². The number of hydrogen-bond donors (Lipinski definition) is 4. The quantitative estimate of drug-likeness (QED) is 0.355. The van der Waals surface area contributed by atoms with Crippen LogP contribution in [0.15, 0.2) is 30.5 Å². The van der Waals surface area contributed by atoms with E-state index >= 15 is 0 Å². The van der Waals surface area contributed by atoms with Crippen molar-refractivity contribution in [1.29, 1.82) is 0 Å². The molecule has 0 aromatic carbocycles. The molecule has 2 aliphatic heterocycles. The zero-order valence-corrected chi connectivity index (χ0v) is 26.0. The van der Waals surface area contributed by atoms with Gasteiger partial charge in [0, 0.05) is 12.3 Å². The van der Waals surface area contributed by atoms with Crippen molar-refractivity contribution in [2.45, 2.75) is 108 Å². The number of carboxylic acid groups (broad SMARTS) is 1. The van der Waals surface area contributed by atoms with Crippen LogP contribution in [0.3, 0.4) is 0 Å². The summed E-state index contributed by atoms with van der Waals surface area (Å²) in [6.07, 6.45) is 5.47. The van der Waals surface area contributed by atoms with Crippen LogP contribution in [0.2, 0.25) is 0 Å². The minimum Gasteiger partial charge on any atom is -0.479 e. The summed E-state index contributed by atoms with van der Waals surface area (Å²) in [7, 11) is 0. The van der Waals surface area contributed by atoms with Gasteiger partial charge < -0.3 is 35.4 Å². The number of nitrogens with one attached hydrogen (secondary N) is 3. The van der Waals surface area contributed by atoms with Crippen LogP contribution < -0.4 is 16.0 Å². The van der Waals surface area contributed by atoms with E-state index in [2.05, 4.69) is 20.9 Å². The number of carbonyl (C=O) groups excluding carboxylic acids is 4.